The third-order valence-electron chi connectivity index (χ3n) is 3.64. The van der Waals surface area contributed by atoms with E-state index in [9.17, 15) is 0 Å². The molecule has 0 aromatic heterocycles. The van der Waals surface area contributed by atoms with Gasteiger partial charge in [0.05, 0.1) is 0 Å². The average Bonchev–Trinajstić information content (AvgIpc) is 2.77. The Labute approximate surface area is 116 Å². The fraction of sp³-hybridized carbons (Fsp3) is 0.400. The van der Waals surface area contributed by atoms with Gasteiger partial charge in [0.1, 0.15) is 0 Å². The van der Waals surface area contributed by atoms with Gasteiger partial charge in [0.2, 0.25) is 0 Å². The monoisotopic (exact) mass is 377 g/mol. The van der Waals surface area contributed by atoms with E-state index >= 15 is 0 Å². The van der Waals surface area contributed by atoms with Crippen LogP contribution in [0.4, 0.5) is 0 Å². The van der Waals surface area contributed by atoms with E-state index in [1.807, 2.05) is 0 Å². The van der Waals surface area contributed by atoms with E-state index in [0.717, 1.165) is 0 Å². The second kappa shape index (κ2) is 4.52. The van der Waals surface area contributed by atoms with Crippen LogP contribution < -0.4 is 0 Å². The standard InChI is InChI=1S/C15H17.Hf/c1-10(2)14-7-6-13-8-11-4-3-5-12(11)9-15(13)14;/h6-10H,3-5H2,1-2H3;/q-1;. The van der Waals surface area contributed by atoms with Crippen LogP contribution in [0.1, 0.15) is 42.9 Å². The normalized spacial score (nSPS) is 14.2. The quantitative estimate of drug-likeness (QED) is 0.518. The van der Waals surface area contributed by atoms with E-state index in [1.165, 1.54) is 35.6 Å². The molecule has 16 heavy (non-hydrogen) atoms. The molecule has 0 fully saturated rings. The number of aryl methyl sites for hydroxylation is 2. The molecule has 2 aromatic carbocycles. The van der Waals surface area contributed by atoms with Crippen molar-refractivity contribution in [2.75, 3.05) is 0 Å². The summed E-state index contributed by atoms with van der Waals surface area (Å²) < 4.78 is 0. The van der Waals surface area contributed by atoms with Gasteiger partial charge < -0.3 is 0 Å². The van der Waals surface area contributed by atoms with Crippen LogP contribution in [-0.2, 0) is 38.7 Å². The molecule has 0 radical (unpaired) electrons. The van der Waals surface area contributed by atoms with Crippen molar-refractivity contribution >= 4 is 10.8 Å². The van der Waals surface area contributed by atoms with Gasteiger partial charge >= 0.3 is 0 Å². The molecule has 0 spiro atoms. The number of fused-ring (bicyclic) bond motifs is 2. The largest absolute Gasteiger partial charge is 0.168 e. The molecule has 3 rings (SSSR count). The van der Waals surface area contributed by atoms with E-state index in [4.69, 9.17) is 0 Å². The van der Waals surface area contributed by atoms with Crippen LogP contribution >= 0.6 is 0 Å². The third kappa shape index (κ3) is 1.84. The minimum absolute atomic E-state index is 0. The van der Waals surface area contributed by atoms with Gasteiger partial charge in [0.25, 0.3) is 0 Å². The first-order valence-corrected chi connectivity index (χ1v) is 5.97. The molecular weight excluding hydrogens is 359 g/mol. The van der Waals surface area contributed by atoms with Crippen molar-refractivity contribution in [3.8, 4) is 0 Å². The molecule has 82 valence electrons. The van der Waals surface area contributed by atoms with Gasteiger partial charge in [-0.25, -0.2) is 0 Å². The summed E-state index contributed by atoms with van der Waals surface area (Å²) in [5.74, 6) is 0.641. The van der Waals surface area contributed by atoms with Crippen molar-refractivity contribution in [1.29, 1.82) is 0 Å². The smallest absolute Gasteiger partial charge is 0 e. The fourth-order valence-electron chi connectivity index (χ4n) is 2.80. The van der Waals surface area contributed by atoms with E-state index in [1.54, 1.807) is 11.1 Å². The van der Waals surface area contributed by atoms with Crippen LogP contribution in [-0.4, -0.2) is 0 Å². The van der Waals surface area contributed by atoms with Crippen LogP contribution in [0.5, 0.6) is 0 Å². The second-order valence-electron chi connectivity index (χ2n) is 5.01. The van der Waals surface area contributed by atoms with Gasteiger partial charge in [-0.1, -0.05) is 30.9 Å². The van der Waals surface area contributed by atoms with E-state index < -0.39 is 0 Å². The summed E-state index contributed by atoms with van der Waals surface area (Å²) in [6.45, 7) is 4.56. The van der Waals surface area contributed by atoms with Crippen molar-refractivity contribution in [2.45, 2.75) is 39.0 Å². The van der Waals surface area contributed by atoms with Crippen LogP contribution in [0.3, 0.4) is 0 Å². The molecule has 0 aliphatic heterocycles. The van der Waals surface area contributed by atoms with E-state index in [2.05, 4.69) is 38.1 Å². The predicted molar refractivity (Wildman–Crippen MR) is 65.7 cm³/mol. The Morgan fingerprint density at radius 3 is 2.50 bits per heavy atom. The molecule has 0 bridgehead atoms. The van der Waals surface area contributed by atoms with Gasteiger partial charge in [-0.2, -0.15) is 6.07 Å². The van der Waals surface area contributed by atoms with Gasteiger partial charge in [-0.3, -0.25) is 0 Å². The van der Waals surface area contributed by atoms with Crippen LogP contribution in [0.25, 0.3) is 10.8 Å². The molecular formula is C15H17Hf-. The predicted octanol–water partition coefficient (Wildman–Crippen LogP) is 4.17. The Balaban J connectivity index is 0.000000963. The molecule has 0 heterocycles. The van der Waals surface area contributed by atoms with Gasteiger partial charge in [-0.15, -0.1) is 34.5 Å². The molecule has 0 nitrogen and oxygen atoms in total. The topological polar surface area (TPSA) is 0 Å². The Morgan fingerprint density at radius 2 is 1.81 bits per heavy atom. The Morgan fingerprint density at radius 1 is 1.12 bits per heavy atom. The van der Waals surface area contributed by atoms with Crippen molar-refractivity contribution in [3.63, 3.8) is 0 Å². The van der Waals surface area contributed by atoms with Gasteiger partial charge in [0, 0.05) is 25.8 Å². The maximum Gasteiger partial charge on any atom is 0 e. The first-order chi connectivity index (χ1) is 7.25. The number of hydrogen-bond acceptors (Lipinski definition) is 0. The molecule has 0 saturated heterocycles. The maximum absolute atomic E-state index is 2.44. The zero-order valence-electron chi connectivity index (χ0n) is 10.0. The first kappa shape index (κ1) is 12.2. The Hall–Kier alpha value is -0.300. The van der Waals surface area contributed by atoms with Crippen molar-refractivity contribution in [2.24, 2.45) is 0 Å². The molecule has 0 amide bonds. The van der Waals surface area contributed by atoms with Crippen LogP contribution in [0, 0.1) is 0 Å². The maximum atomic E-state index is 2.44. The molecule has 1 aliphatic rings. The summed E-state index contributed by atoms with van der Waals surface area (Å²) in [5.41, 5.74) is 4.69. The summed E-state index contributed by atoms with van der Waals surface area (Å²) in [7, 11) is 0. The molecule has 0 unspecified atom stereocenters. The first-order valence-electron chi connectivity index (χ1n) is 5.97. The fourth-order valence-corrected chi connectivity index (χ4v) is 2.80. The van der Waals surface area contributed by atoms with Crippen molar-refractivity contribution in [3.05, 3.63) is 41.0 Å². The molecule has 0 atom stereocenters. The average molecular weight is 376 g/mol. The second-order valence-corrected chi connectivity index (χ2v) is 5.01. The molecule has 1 aliphatic carbocycles. The van der Waals surface area contributed by atoms with E-state index in [0.29, 0.717) is 5.92 Å². The van der Waals surface area contributed by atoms with Gasteiger partial charge in [0.15, 0.2) is 0 Å². The van der Waals surface area contributed by atoms with E-state index in [-0.39, 0.29) is 25.8 Å². The molecule has 2 aromatic rings. The summed E-state index contributed by atoms with van der Waals surface area (Å²) in [5, 5.41) is 2.94. The summed E-state index contributed by atoms with van der Waals surface area (Å²) >= 11 is 0. The Bertz CT molecular complexity index is 505. The summed E-state index contributed by atoms with van der Waals surface area (Å²) in [4.78, 5) is 0. The molecule has 0 saturated carbocycles. The minimum atomic E-state index is 0. The van der Waals surface area contributed by atoms with Gasteiger partial charge in [-0.05, 0) is 19.3 Å². The molecule has 1 heteroatoms. The summed E-state index contributed by atoms with van der Waals surface area (Å²) in [6.07, 6.45) is 3.92. The minimum Gasteiger partial charge on any atom is -0.168 e. The van der Waals surface area contributed by atoms with Crippen LogP contribution in [0.2, 0.25) is 0 Å². The number of benzene rings is 1. The summed E-state index contributed by atoms with van der Waals surface area (Å²) in [6, 6.07) is 9.42. The zero-order chi connectivity index (χ0) is 10.4. The zero-order valence-corrected chi connectivity index (χ0v) is 13.6. The number of rotatable bonds is 1. The molecule has 0 N–H and O–H groups in total. The third-order valence-corrected chi connectivity index (χ3v) is 3.64. The van der Waals surface area contributed by atoms with Crippen molar-refractivity contribution in [1.82, 2.24) is 0 Å². The Kier molecular flexibility index (Phi) is 3.44. The SMILES string of the molecule is CC(C)[c-]1ccc2cc3c(cc21)CCC3.[Hf]. The van der Waals surface area contributed by atoms with Crippen LogP contribution in [0.15, 0.2) is 24.3 Å². The van der Waals surface area contributed by atoms with Crippen molar-refractivity contribution < 1.29 is 25.8 Å². The number of hydrogen-bond donors (Lipinski definition) is 0.